The summed E-state index contributed by atoms with van der Waals surface area (Å²) in [5.74, 6) is -0.293. The average molecular weight is 382 g/mol. The second-order valence-electron chi connectivity index (χ2n) is 6.64. The number of hydrogen-bond donors (Lipinski definition) is 0. The van der Waals surface area contributed by atoms with Gasteiger partial charge in [0.25, 0.3) is 10.0 Å². The van der Waals surface area contributed by atoms with Crippen LogP contribution in [0.3, 0.4) is 0 Å². The number of ketones is 1. The summed E-state index contributed by atoms with van der Waals surface area (Å²) in [5, 5.41) is 0.582. The predicted octanol–water partition coefficient (Wildman–Crippen LogP) is 3.13. The third-order valence-corrected chi connectivity index (χ3v) is 5.43. The van der Waals surface area contributed by atoms with Gasteiger partial charge in [-0.15, -0.1) is 0 Å². The molecular weight excluding hydrogens is 359 g/mol. The fourth-order valence-electron chi connectivity index (χ4n) is 2.50. The van der Waals surface area contributed by atoms with Gasteiger partial charge in [0.2, 0.25) is 0 Å². The number of Topliss-reactive ketones (excluding diaryl/α,β-unsaturated/α-hetero) is 1. The van der Waals surface area contributed by atoms with Crippen molar-refractivity contribution in [2.45, 2.75) is 18.1 Å². The Morgan fingerprint density at radius 3 is 2.15 bits per heavy atom. The molecule has 0 fully saturated rings. The minimum Gasteiger partial charge on any atom is -0.312 e. The Hall–Kier alpha value is -2.38. The molecule has 0 atom stereocenters. The Morgan fingerprint density at radius 2 is 1.59 bits per heavy atom. The molecule has 7 heteroatoms. The molecule has 0 saturated heterocycles. The van der Waals surface area contributed by atoms with Crippen LogP contribution < -0.4 is 0 Å². The molecule has 0 aliphatic heterocycles. The van der Waals surface area contributed by atoms with E-state index in [4.69, 9.17) is 7.85 Å². The Bertz CT molecular complexity index is 1040. The Kier molecular flexibility index (Phi) is 6.62. The molecule has 140 valence electrons. The monoisotopic (exact) mass is 382 g/mol. The van der Waals surface area contributed by atoms with Crippen molar-refractivity contribution >= 4 is 34.6 Å². The highest BCUT2D eigenvalue weighted by molar-refractivity contribution is 7.90. The highest BCUT2D eigenvalue weighted by atomic mass is 32.2. The summed E-state index contributed by atoms with van der Waals surface area (Å²) in [6.07, 6.45) is 1.19. The third kappa shape index (κ3) is 4.67. The molecule has 1 heterocycles. The molecule has 0 aliphatic rings. The van der Waals surface area contributed by atoms with E-state index in [1.165, 1.54) is 6.20 Å². The number of fused-ring (bicyclic) bond motifs is 1. The van der Waals surface area contributed by atoms with Crippen LogP contribution in [0.1, 0.15) is 15.9 Å². The van der Waals surface area contributed by atoms with E-state index in [1.54, 1.807) is 48.5 Å². The molecule has 0 aliphatic carbocycles. The topological polar surface area (TPSA) is 59.4 Å². The Balaban J connectivity index is 0.000000596. The highest BCUT2D eigenvalue weighted by Crippen LogP contribution is 2.26. The normalized spacial score (nSPS) is 11.3. The molecule has 27 heavy (non-hydrogen) atoms. The molecule has 1 aromatic heterocycles. The molecular formula is C20H23BN2O3S. The maximum absolute atomic E-state index is 12.9. The van der Waals surface area contributed by atoms with Gasteiger partial charge in [-0.1, -0.05) is 35.9 Å². The standard InChI is InChI=1S/C17H14BNO3S.C3H9N/c1-12-6-8-13(9-7-12)23(21,22)19-11-15(17(20)10-18)14-4-2-3-5-16(14)19;1-4(2)3/h2-9,11H,10H2,1H3;1-3H3. The quantitative estimate of drug-likeness (QED) is 0.514. The zero-order chi connectivity index (χ0) is 20.2. The summed E-state index contributed by atoms with van der Waals surface area (Å²) in [6, 6.07) is 13.5. The van der Waals surface area contributed by atoms with E-state index < -0.39 is 10.0 Å². The van der Waals surface area contributed by atoms with Crippen molar-refractivity contribution in [3.05, 3.63) is 65.9 Å². The van der Waals surface area contributed by atoms with E-state index in [0.29, 0.717) is 16.5 Å². The Morgan fingerprint density at radius 1 is 1.04 bits per heavy atom. The van der Waals surface area contributed by atoms with Crippen molar-refractivity contribution in [3.8, 4) is 0 Å². The van der Waals surface area contributed by atoms with Crippen LogP contribution in [-0.2, 0) is 10.0 Å². The van der Waals surface area contributed by atoms with Crippen LogP contribution in [0.15, 0.2) is 59.6 Å². The number of para-hydroxylation sites is 1. The zero-order valence-corrected chi connectivity index (χ0v) is 16.8. The number of carbonyl (C=O) groups excluding carboxylic acids is 1. The first-order valence-corrected chi connectivity index (χ1v) is 9.89. The number of aromatic nitrogens is 1. The van der Waals surface area contributed by atoms with Crippen LogP contribution in [0.25, 0.3) is 10.9 Å². The number of carbonyl (C=O) groups is 1. The minimum atomic E-state index is -3.78. The number of hydrogen-bond acceptors (Lipinski definition) is 4. The molecule has 2 aromatic carbocycles. The summed E-state index contributed by atoms with van der Waals surface area (Å²) in [6.45, 7) is 1.89. The average Bonchev–Trinajstić information content (AvgIpc) is 3.01. The zero-order valence-electron chi connectivity index (χ0n) is 16.0. The van der Waals surface area contributed by atoms with Gasteiger partial charge in [0, 0.05) is 17.1 Å². The van der Waals surface area contributed by atoms with E-state index in [2.05, 4.69) is 0 Å². The molecule has 0 amide bonds. The van der Waals surface area contributed by atoms with Gasteiger partial charge in [0.1, 0.15) is 0 Å². The van der Waals surface area contributed by atoms with Gasteiger partial charge in [-0.3, -0.25) is 4.79 Å². The van der Waals surface area contributed by atoms with Gasteiger partial charge in [-0.25, -0.2) is 12.4 Å². The summed E-state index contributed by atoms with van der Waals surface area (Å²) >= 11 is 0. The lowest BCUT2D eigenvalue weighted by Gasteiger charge is -2.07. The van der Waals surface area contributed by atoms with E-state index in [0.717, 1.165) is 9.54 Å². The van der Waals surface area contributed by atoms with Gasteiger partial charge in [-0.2, -0.15) is 0 Å². The van der Waals surface area contributed by atoms with Crippen LogP contribution in [0, 0.1) is 6.92 Å². The molecule has 2 radical (unpaired) electrons. The molecule has 0 spiro atoms. The first-order chi connectivity index (χ1) is 12.7. The SMILES string of the molecule is CN(C)C.[B]CC(=O)c1cn(S(=O)(=O)c2ccc(C)cc2)c2ccccc12. The summed E-state index contributed by atoms with van der Waals surface area (Å²) in [7, 11) is 7.65. The van der Waals surface area contributed by atoms with Crippen molar-refractivity contribution in [1.82, 2.24) is 8.87 Å². The van der Waals surface area contributed by atoms with Crippen LogP contribution in [0.5, 0.6) is 0 Å². The summed E-state index contributed by atoms with van der Waals surface area (Å²) in [5.41, 5.74) is 1.75. The van der Waals surface area contributed by atoms with Gasteiger partial charge < -0.3 is 4.90 Å². The van der Waals surface area contributed by atoms with E-state index in [9.17, 15) is 13.2 Å². The maximum Gasteiger partial charge on any atom is 0.268 e. The molecule has 0 N–H and O–H groups in total. The minimum absolute atomic E-state index is 0.168. The molecule has 5 nitrogen and oxygen atoms in total. The van der Waals surface area contributed by atoms with Crippen LogP contribution in [-0.4, -0.2) is 52.1 Å². The maximum atomic E-state index is 12.9. The largest absolute Gasteiger partial charge is 0.312 e. The van der Waals surface area contributed by atoms with Crippen LogP contribution in [0.4, 0.5) is 0 Å². The smallest absolute Gasteiger partial charge is 0.268 e. The van der Waals surface area contributed by atoms with Crippen molar-refractivity contribution in [2.24, 2.45) is 0 Å². The van der Waals surface area contributed by atoms with Crippen LogP contribution in [0.2, 0.25) is 6.32 Å². The lowest BCUT2D eigenvalue weighted by Crippen LogP contribution is -2.12. The van der Waals surface area contributed by atoms with Gasteiger partial charge >= 0.3 is 0 Å². The molecule has 0 unspecified atom stereocenters. The van der Waals surface area contributed by atoms with E-state index in [1.807, 2.05) is 33.0 Å². The van der Waals surface area contributed by atoms with E-state index in [-0.39, 0.29) is 17.0 Å². The summed E-state index contributed by atoms with van der Waals surface area (Å²) < 4.78 is 27.0. The third-order valence-electron chi connectivity index (χ3n) is 3.74. The highest BCUT2D eigenvalue weighted by Gasteiger charge is 2.22. The number of rotatable bonds is 4. The summed E-state index contributed by atoms with van der Waals surface area (Å²) in [4.78, 5) is 14.2. The van der Waals surface area contributed by atoms with Crippen molar-refractivity contribution in [3.63, 3.8) is 0 Å². The Labute approximate surface area is 162 Å². The number of benzene rings is 2. The fraction of sp³-hybridized carbons (Fsp3) is 0.250. The lowest BCUT2D eigenvalue weighted by molar-refractivity contribution is 0.101. The molecule has 3 rings (SSSR count). The second-order valence-corrected chi connectivity index (χ2v) is 8.46. The van der Waals surface area contributed by atoms with Crippen LogP contribution >= 0.6 is 0 Å². The number of nitrogens with zero attached hydrogens (tertiary/aromatic N) is 2. The van der Waals surface area contributed by atoms with E-state index >= 15 is 0 Å². The van der Waals surface area contributed by atoms with Gasteiger partial charge in [-0.05, 0) is 52.6 Å². The van der Waals surface area contributed by atoms with Crippen molar-refractivity contribution in [2.75, 3.05) is 21.1 Å². The van der Waals surface area contributed by atoms with Crippen molar-refractivity contribution < 1.29 is 13.2 Å². The van der Waals surface area contributed by atoms with Crippen molar-refractivity contribution in [1.29, 1.82) is 0 Å². The molecule has 3 aromatic rings. The fourth-order valence-corrected chi connectivity index (χ4v) is 3.87. The first kappa shape index (κ1) is 20.9. The second kappa shape index (κ2) is 8.54. The molecule has 0 bridgehead atoms. The number of aryl methyl sites for hydroxylation is 1. The van der Waals surface area contributed by atoms with Gasteiger partial charge in [0.15, 0.2) is 5.78 Å². The lowest BCUT2D eigenvalue weighted by atomic mass is 9.96. The first-order valence-electron chi connectivity index (χ1n) is 8.45. The predicted molar refractivity (Wildman–Crippen MR) is 110 cm³/mol. The molecule has 0 saturated carbocycles. The van der Waals surface area contributed by atoms with Gasteiger partial charge in [0.05, 0.1) is 18.3 Å².